The maximum atomic E-state index is 4.35. The maximum absolute atomic E-state index is 4.35. The minimum absolute atomic E-state index is 0.195. The number of aromatic nitrogens is 3. The molecule has 3 rings (SSSR count). The van der Waals surface area contributed by atoms with Gasteiger partial charge in [-0.3, -0.25) is 4.90 Å². The molecule has 96 valence electrons. The largest absolute Gasteiger partial charge is 0.308 e. The number of thiophene rings is 1. The molecule has 0 amide bonds. The summed E-state index contributed by atoms with van der Waals surface area (Å²) in [6.45, 7) is 9.68. The minimum atomic E-state index is 0.195. The van der Waals surface area contributed by atoms with Crippen LogP contribution in [0.2, 0.25) is 0 Å². The number of hydrogen-bond acceptors (Lipinski definition) is 4. The van der Waals surface area contributed by atoms with Crippen LogP contribution in [0.15, 0.2) is 17.5 Å². The van der Waals surface area contributed by atoms with E-state index in [9.17, 15) is 0 Å². The number of hydrogen-bond donors (Lipinski definition) is 0. The molecule has 0 spiro atoms. The summed E-state index contributed by atoms with van der Waals surface area (Å²) in [5.74, 6) is 2.10. The molecule has 0 bridgehead atoms. The van der Waals surface area contributed by atoms with Crippen molar-refractivity contribution in [2.75, 3.05) is 6.54 Å². The van der Waals surface area contributed by atoms with Gasteiger partial charge in [-0.1, -0.05) is 6.07 Å². The topological polar surface area (TPSA) is 34.0 Å². The summed E-state index contributed by atoms with van der Waals surface area (Å²) in [5.41, 5.74) is 0.195. The van der Waals surface area contributed by atoms with E-state index in [1.165, 1.54) is 4.88 Å². The fourth-order valence-corrected chi connectivity index (χ4v) is 3.04. The van der Waals surface area contributed by atoms with Crippen LogP contribution in [0.3, 0.4) is 0 Å². The highest BCUT2D eigenvalue weighted by Crippen LogP contribution is 2.27. The fraction of sp³-hybridized carbons (Fsp3) is 0.538. The predicted octanol–water partition coefficient (Wildman–Crippen LogP) is 2.62. The van der Waals surface area contributed by atoms with Crippen molar-refractivity contribution in [2.45, 2.75) is 39.4 Å². The molecule has 3 heterocycles. The lowest BCUT2D eigenvalue weighted by Gasteiger charge is -2.38. The number of fused-ring (bicyclic) bond motifs is 1. The molecule has 0 radical (unpaired) electrons. The average Bonchev–Trinajstić information content (AvgIpc) is 2.95. The predicted molar refractivity (Wildman–Crippen MR) is 73.5 cm³/mol. The van der Waals surface area contributed by atoms with E-state index in [1.807, 2.05) is 0 Å². The molecule has 1 aliphatic heterocycles. The van der Waals surface area contributed by atoms with Gasteiger partial charge in [0.05, 0.1) is 11.4 Å². The van der Waals surface area contributed by atoms with Crippen molar-refractivity contribution in [1.82, 2.24) is 19.7 Å². The van der Waals surface area contributed by atoms with Crippen molar-refractivity contribution in [3.05, 3.63) is 23.3 Å². The Morgan fingerprint density at radius 3 is 2.72 bits per heavy atom. The SMILES string of the molecule is CC(C)(C)N1CCn2c(nnc2-c2cccs2)C1. The quantitative estimate of drug-likeness (QED) is 0.792. The van der Waals surface area contributed by atoms with Crippen LogP contribution in [-0.4, -0.2) is 31.7 Å². The van der Waals surface area contributed by atoms with Gasteiger partial charge >= 0.3 is 0 Å². The molecule has 1 aliphatic rings. The van der Waals surface area contributed by atoms with E-state index in [4.69, 9.17) is 0 Å². The Hall–Kier alpha value is -1.20. The average molecular weight is 262 g/mol. The second-order valence-electron chi connectivity index (χ2n) is 5.66. The fourth-order valence-electron chi connectivity index (χ4n) is 2.32. The Labute approximate surface area is 111 Å². The van der Waals surface area contributed by atoms with Crippen molar-refractivity contribution in [2.24, 2.45) is 0 Å². The molecule has 0 N–H and O–H groups in total. The van der Waals surface area contributed by atoms with Crippen molar-refractivity contribution in [3.8, 4) is 10.7 Å². The molecule has 18 heavy (non-hydrogen) atoms. The van der Waals surface area contributed by atoms with Crippen molar-refractivity contribution in [1.29, 1.82) is 0 Å². The zero-order valence-corrected chi connectivity index (χ0v) is 11.9. The Bertz CT molecular complexity index is 536. The Balaban J connectivity index is 1.92. The van der Waals surface area contributed by atoms with E-state index in [1.54, 1.807) is 11.3 Å². The summed E-state index contributed by atoms with van der Waals surface area (Å²) in [5, 5.41) is 10.8. The third kappa shape index (κ3) is 1.97. The Morgan fingerprint density at radius 2 is 2.06 bits per heavy atom. The van der Waals surface area contributed by atoms with Gasteiger partial charge in [-0.25, -0.2) is 0 Å². The van der Waals surface area contributed by atoms with E-state index in [0.717, 1.165) is 31.3 Å². The monoisotopic (exact) mass is 262 g/mol. The van der Waals surface area contributed by atoms with Crippen LogP contribution in [0, 0.1) is 0 Å². The van der Waals surface area contributed by atoms with Gasteiger partial charge in [0.25, 0.3) is 0 Å². The van der Waals surface area contributed by atoms with Crippen LogP contribution in [0.25, 0.3) is 10.7 Å². The molecule has 2 aromatic rings. The van der Waals surface area contributed by atoms with Gasteiger partial charge in [0, 0.05) is 18.6 Å². The highest BCUT2D eigenvalue weighted by atomic mass is 32.1. The standard InChI is InChI=1S/C13H18N4S/c1-13(2,3)16-6-7-17-11(9-16)14-15-12(17)10-5-4-8-18-10/h4-5,8H,6-7,9H2,1-3H3. The molecule has 0 atom stereocenters. The van der Waals surface area contributed by atoms with Crippen LogP contribution < -0.4 is 0 Å². The highest BCUT2D eigenvalue weighted by Gasteiger charge is 2.28. The van der Waals surface area contributed by atoms with Gasteiger partial charge in [0.2, 0.25) is 0 Å². The van der Waals surface area contributed by atoms with Gasteiger partial charge in [-0.2, -0.15) is 0 Å². The Morgan fingerprint density at radius 1 is 1.22 bits per heavy atom. The van der Waals surface area contributed by atoms with Gasteiger partial charge in [-0.15, -0.1) is 21.5 Å². The van der Waals surface area contributed by atoms with Gasteiger partial charge in [0.15, 0.2) is 5.82 Å². The molecule has 0 saturated carbocycles. The molecule has 4 nitrogen and oxygen atoms in total. The van der Waals surface area contributed by atoms with Crippen LogP contribution in [0.5, 0.6) is 0 Å². The molecular formula is C13H18N4S. The van der Waals surface area contributed by atoms with Crippen LogP contribution in [0.4, 0.5) is 0 Å². The third-order valence-corrected chi connectivity index (χ3v) is 4.31. The van der Waals surface area contributed by atoms with E-state index >= 15 is 0 Å². The molecule has 0 aromatic carbocycles. The van der Waals surface area contributed by atoms with Crippen molar-refractivity contribution >= 4 is 11.3 Å². The van der Waals surface area contributed by atoms with E-state index in [-0.39, 0.29) is 5.54 Å². The lowest BCUT2D eigenvalue weighted by Crippen LogP contribution is -2.45. The zero-order chi connectivity index (χ0) is 12.8. The van der Waals surface area contributed by atoms with Crippen molar-refractivity contribution in [3.63, 3.8) is 0 Å². The molecule has 0 aliphatic carbocycles. The summed E-state index contributed by atoms with van der Waals surface area (Å²) in [4.78, 5) is 3.66. The maximum Gasteiger partial charge on any atom is 0.174 e. The van der Waals surface area contributed by atoms with E-state index < -0.39 is 0 Å². The smallest absolute Gasteiger partial charge is 0.174 e. The third-order valence-electron chi connectivity index (χ3n) is 3.44. The molecule has 5 heteroatoms. The highest BCUT2D eigenvalue weighted by molar-refractivity contribution is 7.13. The van der Waals surface area contributed by atoms with Gasteiger partial charge in [0.1, 0.15) is 5.82 Å². The zero-order valence-electron chi connectivity index (χ0n) is 11.1. The summed E-state index contributed by atoms with van der Waals surface area (Å²) in [6, 6.07) is 4.17. The molecular weight excluding hydrogens is 244 g/mol. The van der Waals surface area contributed by atoms with E-state index in [0.29, 0.717) is 0 Å². The summed E-state index contributed by atoms with van der Waals surface area (Å²) in [6.07, 6.45) is 0. The number of nitrogens with zero attached hydrogens (tertiary/aromatic N) is 4. The van der Waals surface area contributed by atoms with Gasteiger partial charge in [-0.05, 0) is 32.2 Å². The van der Waals surface area contributed by atoms with Gasteiger partial charge < -0.3 is 4.57 Å². The van der Waals surface area contributed by atoms with Crippen molar-refractivity contribution < 1.29 is 0 Å². The second-order valence-corrected chi connectivity index (χ2v) is 6.61. The minimum Gasteiger partial charge on any atom is -0.308 e. The first-order chi connectivity index (χ1) is 8.55. The lowest BCUT2D eigenvalue weighted by atomic mass is 10.1. The molecule has 0 fully saturated rings. The van der Waals surface area contributed by atoms with Crippen LogP contribution in [-0.2, 0) is 13.1 Å². The molecule has 0 unspecified atom stereocenters. The summed E-state index contributed by atoms with van der Waals surface area (Å²) >= 11 is 1.72. The van der Waals surface area contributed by atoms with Crippen LogP contribution >= 0.6 is 11.3 Å². The van der Waals surface area contributed by atoms with E-state index in [2.05, 4.69) is 57.9 Å². The second kappa shape index (κ2) is 4.17. The summed E-state index contributed by atoms with van der Waals surface area (Å²) in [7, 11) is 0. The Kier molecular flexibility index (Phi) is 2.75. The molecule has 2 aromatic heterocycles. The number of rotatable bonds is 1. The first kappa shape index (κ1) is 11.9. The first-order valence-electron chi connectivity index (χ1n) is 6.27. The summed E-state index contributed by atoms with van der Waals surface area (Å²) < 4.78 is 2.26. The molecule has 0 saturated heterocycles. The first-order valence-corrected chi connectivity index (χ1v) is 7.15. The van der Waals surface area contributed by atoms with Crippen LogP contribution in [0.1, 0.15) is 26.6 Å². The normalized spacial score (nSPS) is 16.8. The lowest BCUT2D eigenvalue weighted by molar-refractivity contribution is 0.101.